The minimum atomic E-state index is 0.326. The van der Waals surface area contributed by atoms with Crippen molar-refractivity contribution in [2.24, 2.45) is 0 Å². The Kier molecular flexibility index (Phi) is 5.96. The third kappa shape index (κ3) is 4.80. The highest BCUT2D eigenvalue weighted by atomic mass is 16.5. The number of rotatable bonds is 5. The van der Waals surface area contributed by atoms with Gasteiger partial charge in [-0.2, -0.15) is 0 Å². The highest BCUT2D eigenvalue weighted by molar-refractivity contribution is 5.12. The summed E-state index contributed by atoms with van der Waals surface area (Å²) >= 11 is 0. The Morgan fingerprint density at radius 2 is 2.13 bits per heavy atom. The maximum Gasteiger partial charge on any atom is 0.0661 e. The fraction of sp³-hybridized carbons (Fsp3) is 0.846. The maximum atomic E-state index is 5.69. The summed E-state index contributed by atoms with van der Waals surface area (Å²) in [6.07, 6.45) is 9.30. The summed E-state index contributed by atoms with van der Waals surface area (Å²) in [7, 11) is 2.03. The summed E-state index contributed by atoms with van der Waals surface area (Å²) in [5, 5.41) is 3.36. The molecule has 1 unspecified atom stereocenters. The van der Waals surface area contributed by atoms with Crippen LogP contribution in [0.3, 0.4) is 0 Å². The van der Waals surface area contributed by atoms with E-state index in [1.54, 1.807) is 5.57 Å². The smallest absolute Gasteiger partial charge is 0.0661 e. The van der Waals surface area contributed by atoms with Crippen LogP contribution in [0.5, 0.6) is 0 Å². The largest absolute Gasteiger partial charge is 0.377 e. The van der Waals surface area contributed by atoms with E-state index in [1.165, 1.54) is 32.1 Å². The molecule has 0 aromatic carbocycles. The predicted molar refractivity (Wildman–Crippen MR) is 65.1 cm³/mol. The quantitative estimate of drug-likeness (QED) is 0.706. The molecule has 2 heteroatoms. The molecule has 0 saturated carbocycles. The average Bonchev–Trinajstić information content (AvgIpc) is 2.47. The molecule has 0 amide bonds. The van der Waals surface area contributed by atoms with Crippen LogP contribution in [0.15, 0.2) is 11.6 Å². The zero-order valence-electron chi connectivity index (χ0n) is 10.4. The minimum Gasteiger partial charge on any atom is -0.377 e. The van der Waals surface area contributed by atoms with Gasteiger partial charge in [0, 0.05) is 0 Å². The Labute approximate surface area is 94.1 Å². The van der Waals surface area contributed by atoms with Crippen LogP contribution in [0.25, 0.3) is 0 Å². The molecule has 1 aliphatic rings. The van der Waals surface area contributed by atoms with Gasteiger partial charge in [0.15, 0.2) is 0 Å². The van der Waals surface area contributed by atoms with Crippen molar-refractivity contribution in [1.82, 2.24) is 5.32 Å². The van der Waals surface area contributed by atoms with Crippen molar-refractivity contribution in [3.63, 3.8) is 0 Å². The summed E-state index contributed by atoms with van der Waals surface area (Å²) in [6.45, 7) is 4.99. The Balaban J connectivity index is 2.44. The monoisotopic (exact) mass is 211 g/mol. The van der Waals surface area contributed by atoms with Crippen LogP contribution in [0.4, 0.5) is 0 Å². The molecule has 15 heavy (non-hydrogen) atoms. The molecule has 0 aromatic heterocycles. The lowest BCUT2D eigenvalue weighted by atomic mass is 10.0. The molecule has 0 bridgehead atoms. The highest BCUT2D eigenvalue weighted by Gasteiger charge is 2.14. The van der Waals surface area contributed by atoms with E-state index in [0.29, 0.717) is 12.1 Å². The van der Waals surface area contributed by atoms with Gasteiger partial charge in [0.2, 0.25) is 0 Å². The normalized spacial score (nSPS) is 19.9. The second kappa shape index (κ2) is 7.02. The van der Waals surface area contributed by atoms with Gasteiger partial charge in [0.25, 0.3) is 0 Å². The lowest BCUT2D eigenvalue weighted by Gasteiger charge is -2.21. The standard InChI is InChI=1S/C13H25NO/c1-11(2)15-10-13(14-3)12-8-6-4-5-7-9-12/h8,11,13-14H,4-7,9-10H2,1-3H3. The van der Waals surface area contributed by atoms with E-state index in [0.717, 1.165) is 6.61 Å². The summed E-state index contributed by atoms with van der Waals surface area (Å²) in [4.78, 5) is 0. The lowest BCUT2D eigenvalue weighted by Crippen LogP contribution is -2.33. The van der Waals surface area contributed by atoms with Gasteiger partial charge >= 0.3 is 0 Å². The molecule has 1 rings (SSSR count). The molecule has 0 aliphatic heterocycles. The van der Waals surface area contributed by atoms with Crippen LogP contribution >= 0.6 is 0 Å². The Bertz CT molecular complexity index is 199. The van der Waals surface area contributed by atoms with E-state index in [4.69, 9.17) is 4.74 Å². The molecule has 2 nitrogen and oxygen atoms in total. The van der Waals surface area contributed by atoms with Gasteiger partial charge in [-0.1, -0.05) is 18.1 Å². The van der Waals surface area contributed by atoms with Crippen molar-refractivity contribution >= 4 is 0 Å². The average molecular weight is 211 g/mol. The van der Waals surface area contributed by atoms with Gasteiger partial charge in [0.1, 0.15) is 0 Å². The molecular weight excluding hydrogens is 186 g/mol. The van der Waals surface area contributed by atoms with Gasteiger partial charge in [-0.3, -0.25) is 0 Å². The summed E-state index contributed by atoms with van der Waals surface area (Å²) in [5.74, 6) is 0. The number of likely N-dealkylation sites (N-methyl/N-ethyl adjacent to an activating group) is 1. The van der Waals surface area contributed by atoms with Gasteiger partial charge in [-0.05, 0) is 46.6 Å². The second-order valence-corrected chi connectivity index (χ2v) is 4.60. The molecule has 1 N–H and O–H groups in total. The minimum absolute atomic E-state index is 0.326. The number of nitrogens with one attached hydrogen (secondary N) is 1. The zero-order valence-corrected chi connectivity index (χ0v) is 10.4. The van der Waals surface area contributed by atoms with E-state index < -0.39 is 0 Å². The Hall–Kier alpha value is -0.340. The lowest BCUT2D eigenvalue weighted by molar-refractivity contribution is 0.0683. The van der Waals surface area contributed by atoms with Crippen LogP contribution < -0.4 is 5.32 Å². The Morgan fingerprint density at radius 3 is 2.80 bits per heavy atom. The van der Waals surface area contributed by atoms with Crippen molar-refractivity contribution in [1.29, 1.82) is 0 Å². The predicted octanol–water partition coefficient (Wildman–Crippen LogP) is 2.89. The van der Waals surface area contributed by atoms with Crippen molar-refractivity contribution in [2.45, 2.75) is 58.1 Å². The fourth-order valence-corrected chi connectivity index (χ4v) is 2.02. The van der Waals surface area contributed by atoms with Crippen LogP contribution in [0, 0.1) is 0 Å². The number of hydrogen-bond acceptors (Lipinski definition) is 2. The van der Waals surface area contributed by atoms with E-state index in [9.17, 15) is 0 Å². The molecule has 1 atom stereocenters. The zero-order chi connectivity index (χ0) is 11.1. The van der Waals surface area contributed by atoms with Crippen molar-refractivity contribution < 1.29 is 4.74 Å². The molecule has 0 saturated heterocycles. The van der Waals surface area contributed by atoms with Crippen molar-refractivity contribution in [2.75, 3.05) is 13.7 Å². The molecule has 0 heterocycles. The van der Waals surface area contributed by atoms with E-state index in [2.05, 4.69) is 25.2 Å². The highest BCUT2D eigenvalue weighted by Crippen LogP contribution is 2.20. The van der Waals surface area contributed by atoms with Crippen LogP contribution in [-0.4, -0.2) is 25.8 Å². The van der Waals surface area contributed by atoms with Crippen LogP contribution in [0.2, 0.25) is 0 Å². The molecule has 0 fully saturated rings. The van der Waals surface area contributed by atoms with Gasteiger partial charge in [0.05, 0.1) is 18.8 Å². The van der Waals surface area contributed by atoms with Gasteiger partial charge in [-0.15, -0.1) is 0 Å². The number of ether oxygens (including phenoxy) is 1. The van der Waals surface area contributed by atoms with Crippen LogP contribution in [-0.2, 0) is 4.74 Å². The second-order valence-electron chi connectivity index (χ2n) is 4.60. The van der Waals surface area contributed by atoms with Crippen molar-refractivity contribution in [3.8, 4) is 0 Å². The molecule has 0 radical (unpaired) electrons. The van der Waals surface area contributed by atoms with Gasteiger partial charge in [-0.25, -0.2) is 0 Å². The molecule has 1 aliphatic carbocycles. The summed E-state index contributed by atoms with van der Waals surface area (Å²) in [5.41, 5.74) is 1.55. The van der Waals surface area contributed by atoms with E-state index in [-0.39, 0.29) is 0 Å². The number of allylic oxidation sites excluding steroid dienone is 1. The first-order chi connectivity index (χ1) is 7.24. The van der Waals surface area contributed by atoms with Gasteiger partial charge < -0.3 is 10.1 Å². The summed E-state index contributed by atoms with van der Waals surface area (Å²) in [6, 6.07) is 0.422. The summed E-state index contributed by atoms with van der Waals surface area (Å²) < 4.78 is 5.69. The first-order valence-electron chi connectivity index (χ1n) is 6.22. The third-order valence-corrected chi connectivity index (χ3v) is 2.97. The molecular formula is C13H25NO. The fourth-order valence-electron chi connectivity index (χ4n) is 2.02. The van der Waals surface area contributed by atoms with E-state index >= 15 is 0 Å². The Morgan fingerprint density at radius 1 is 1.33 bits per heavy atom. The topological polar surface area (TPSA) is 21.3 Å². The van der Waals surface area contributed by atoms with E-state index in [1.807, 2.05) is 7.05 Å². The van der Waals surface area contributed by atoms with Crippen molar-refractivity contribution in [3.05, 3.63) is 11.6 Å². The van der Waals surface area contributed by atoms with Crippen LogP contribution in [0.1, 0.15) is 46.0 Å². The first-order valence-corrected chi connectivity index (χ1v) is 6.22. The SMILES string of the molecule is CNC(COC(C)C)C1=CCCCCC1. The molecule has 88 valence electrons. The first kappa shape index (κ1) is 12.7. The maximum absolute atomic E-state index is 5.69. The third-order valence-electron chi connectivity index (χ3n) is 2.97. The molecule has 0 spiro atoms. The molecule has 0 aromatic rings. The number of hydrogen-bond donors (Lipinski definition) is 1.